The van der Waals surface area contributed by atoms with E-state index in [-0.39, 0.29) is 0 Å². The molecule has 216 valence electrons. The zero-order valence-corrected chi connectivity index (χ0v) is 24.5. The summed E-state index contributed by atoms with van der Waals surface area (Å²) in [5.74, 6) is 0.579. The van der Waals surface area contributed by atoms with Crippen LogP contribution in [0.2, 0.25) is 0 Å². The molecule has 0 spiro atoms. The number of aromatic nitrogens is 1. The Morgan fingerprint density at radius 2 is 1.04 bits per heavy atom. The van der Waals surface area contributed by atoms with E-state index < -0.39 is 0 Å². The van der Waals surface area contributed by atoms with E-state index in [4.69, 9.17) is 18.2 Å². The summed E-state index contributed by atoms with van der Waals surface area (Å²) in [6.45, 7) is 0. The largest absolute Gasteiger partial charge is 0.456 e. The molecule has 46 heavy (non-hydrogen) atoms. The van der Waals surface area contributed by atoms with Crippen LogP contribution in [0.1, 0.15) is 0 Å². The van der Waals surface area contributed by atoms with E-state index in [0.717, 1.165) is 77.6 Å². The van der Waals surface area contributed by atoms with Crippen LogP contribution >= 0.6 is 0 Å². The van der Waals surface area contributed by atoms with E-state index in [1.807, 2.05) is 60.7 Å². The summed E-state index contributed by atoms with van der Waals surface area (Å²) >= 11 is 0. The standard InChI is InChI=1S/C41H24N2O3/c1-2-9-26-22-27(17-16-25(26)8-1)43(28-18-20-31-30-10-3-5-13-35(30)44-38(31)23-28)29-19-21-32-39(24-29)45-37-15-7-11-33(40(32)37)41-42-34-12-4-6-14-36(34)46-41/h1-24H. The summed E-state index contributed by atoms with van der Waals surface area (Å²) in [6.07, 6.45) is 0. The van der Waals surface area contributed by atoms with Gasteiger partial charge in [0, 0.05) is 56.3 Å². The molecule has 5 nitrogen and oxygen atoms in total. The lowest BCUT2D eigenvalue weighted by atomic mass is 10.0. The molecule has 7 aromatic carbocycles. The fraction of sp³-hybridized carbons (Fsp3) is 0. The molecule has 10 aromatic rings. The number of rotatable bonds is 4. The number of nitrogens with zero attached hydrogens (tertiary/aromatic N) is 2. The molecule has 0 aliphatic rings. The van der Waals surface area contributed by atoms with Crippen molar-refractivity contribution in [2.75, 3.05) is 4.90 Å². The van der Waals surface area contributed by atoms with Crippen molar-refractivity contribution in [1.82, 2.24) is 4.98 Å². The molecule has 0 N–H and O–H groups in total. The third kappa shape index (κ3) is 3.79. The summed E-state index contributed by atoms with van der Waals surface area (Å²) in [5, 5.41) is 6.55. The molecular formula is C41H24N2O3. The third-order valence-electron chi connectivity index (χ3n) is 8.87. The van der Waals surface area contributed by atoms with Crippen molar-refractivity contribution in [1.29, 1.82) is 0 Å². The van der Waals surface area contributed by atoms with Gasteiger partial charge in [0.2, 0.25) is 5.89 Å². The van der Waals surface area contributed by atoms with E-state index in [0.29, 0.717) is 5.89 Å². The maximum absolute atomic E-state index is 6.52. The fourth-order valence-corrected chi connectivity index (χ4v) is 6.74. The highest BCUT2D eigenvalue weighted by atomic mass is 16.4. The SMILES string of the molecule is c1ccc2cc(N(c3ccc4c(c3)oc3ccccc34)c3ccc4c(c3)oc3cccc(-c5nc6ccccc6o5)c34)ccc2c1. The van der Waals surface area contributed by atoms with Crippen molar-refractivity contribution < 1.29 is 13.3 Å². The van der Waals surface area contributed by atoms with Gasteiger partial charge in [-0.05, 0) is 77.5 Å². The zero-order valence-electron chi connectivity index (χ0n) is 24.5. The summed E-state index contributed by atoms with van der Waals surface area (Å²) in [5.41, 5.74) is 8.79. The molecule has 0 aliphatic carbocycles. The first kappa shape index (κ1) is 25.0. The molecule has 0 amide bonds. The lowest BCUT2D eigenvalue weighted by Gasteiger charge is -2.25. The number of benzene rings is 7. The minimum atomic E-state index is 0.579. The number of hydrogen-bond donors (Lipinski definition) is 0. The number of oxazole rings is 1. The Morgan fingerprint density at radius 3 is 1.91 bits per heavy atom. The van der Waals surface area contributed by atoms with Gasteiger partial charge < -0.3 is 18.2 Å². The maximum atomic E-state index is 6.52. The van der Waals surface area contributed by atoms with Gasteiger partial charge in [0.05, 0.1) is 0 Å². The van der Waals surface area contributed by atoms with Crippen molar-refractivity contribution in [3.63, 3.8) is 0 Å². The normalized spacial score (nSPS) is 11.9. The summed E-state index contributed by atoms with van der Waals surface area (Å²) < 4.78 is 19.0. The van der Waals surface area contributed by atoms with E-state index >= 15 is 0 Å². The number of fused-ring (bicyclic) bond motifs is 8. The Morgan fingerprint density at radius 1 is 0.413 bits per heavy atom. The van der Waals surface area contributed by atoms with Gasteiger partial charge in [0.25, 0.3) is 0 Å². The van der Waals surface area contributed by atoms with Crippen LogP contribution in [0, 0.1) is 0 Å². The first-order valence-electron chi connectivity index (χ1n) is 15.3. The van der Waals surface area contributed by atoms with Gasteiger partial charge in [0.15, 0.2) is 5.58 Å². The average Bonchev–Trinajstić information content (AvgIpc) is 3.81. The van der Waals surface area contributed by atoms with Crippen LogP contribution in [0.5, 0.6) is 0 Å². The van der Waals surface area contributed by atoms with Gasteiger partial charge in [-0.15, -0.1) is 0 Å². The summed E-state index contributed by atoms with van der Waals surface area (Å²) in [7, 11) is 0. The molecule has 0 saturated carbocycles. The van der Waals surface area contributed by atoms with Crippen molar-refractivity contribution >= 4 is 82.8 Å². The molecule has 10 rings (SSSR count). The first-order chi connectivity index (χ1) is 22.8. The van der Waals surface area contributed by atoms with Gasteiger partial charge >= 0.3 is 0 Å². The Bertz CT molecular complexity index is 2750. The van der Waals surface area contributed by atoms with E-state index in [9.17, 15) is 0 Å². The molecule has 3 aromatic heterocycles. The molecule has 5 heteroatoms. The second kappa shape index (κ2) is 9.58. The Hall–Kier alpha value is -6.33. The fourth-order valence-electron chi connectivity index (χ4n) is 6.74. The lowest BCUT2D eigenvalue weighted by molar-refractivity contribution is 0.620. The van der Waals surface area contributed by atoms with Gasteiger partial charge in [-0.3, -0.25) is 0 Å². The predicted octanol–water partition coefficient (Wildman–Crippen LogP) is 11.9. The second-order valence-corrected chi connectivity index (χ2v) is 11.6. The second-order valence-electron chi connectivity index (χ2n) is 11.6. The molecule has 0 atom stereocenters. The molecule has 0 saturated heterocycles. The van der Waals surface area contributed by atoms with Crippen LogP contribution in [0.3, 0.4) is 0 Å². The maximum Gasteiger partial charge on any atom is 0.228 e. The monoisotopic (exact) mass is 592 g/mol. The number of anilines is 3. The molecule has 0 fully saturated rings. The van der Waals surface area contributed by atoms with Crippen molar-refractivity contribution in [2.24, 2.45) is 0 Å². The predicted molar refractivity (Wildman–Crippen MR) is 186 cm³/mol. The van der Waals surface area contributed by atoms with Crippen LogP contribution in [0.25, 0.3) is 77.2 Å². The summed E-state index contributed by atoms with van der Waals surface area (Å²) in [6, 6.07) is 49.9. The minimum Gasteiger partial charge on any atom is -0.456 e. The van der Waals surface area contributed by atoms with E-state index in [1.165, 1.54) is 10.8 Å². The van der Waals surface area contributed by atoms with Crippen LogP contribution < -0.4 is 4.90 Å². The minimum absolute atomic E-state index is 0.579. The Kier molecular flexibility index (Phi) is 5.22. The third-order valence-corrected chi connectivity index (χ3v) is 8.87. The van der Waals surface area contributed by atoms with Crippen LogP contribution in [-0.4, -0.2) is 4.98 Å². The van der Waals surface area contributed by atoms with Crippen molar-refractivity contribution in [3.05, 3.63) is 146 Å². The van der Waals surface area contributed by atoms with Gasteiger partial charge in [-0.25, -0.2) is 4.98 Å². The van der Waals surface area contributed by atoms with Crippen LogP contribution in [0.15, 0.2) is 159 Å². The highest BCUT2D eigenvalue weighted by molar-refractivity contribution is 6.13. The molecule has 0 bridgehead atoms. The van der Waals surface area contributed by atoms with Crippen molar-refractivity contribution in [3.8, 4) is 11.5 Å². The molecule has 3 heterocycles. The first-order valence-corrected chi connectivity index (χ1v) is 15.3. The molecule has 0 aliphatic heterocycles. The van der Waals surface area contributed by atoms with E-state index in [1.54, 1.807) is 0 Å². The molecule has 0 radical (unpaired) electrons. The quantitative estimate of drug-likeness (QED) is 0.203. The van der Waals surface area contributed by atoms with Gasteiger partial charge in [0.1, 0.15) is 27.8 Å². The topological polar surface area (TPSA) is 55.6 Å². The number of hydrogen-bond acceptors (Lipinski definition) is 5. The van der Waals surface area contributed by atoms with Crippen molar-refractivity contribution in [2.45, 2.75) is 0 Å². The van der Waals surface area contributed by atoms with Crippen LogP contribution in [-0.2, 0) is 0 Å². The lowest BCUT2D eigenvalue weighted by Crippen LogP contribution is -2.09. The smallest absolute Gasteiger partial charge is 0.228 e. The average molecular weight is 593 g/mol. The highest BCUT2D eigenvalue weighted by Crippen LogP contribution is 2.43. The molecular weight excluding hydrogens is 568 g/mol. The summed E-state index contributed by atoms with van der Waals surface area (Å²) in [4.78, 5) is 7.04. The number of furan rings is 2. The van der Waals surface area contributed by atoms with Crippen LogP contribution in [0.4, 0.5) is 17.1 Å². The Balaban J connectivity index is 1.17. The van der Waals surface area contributed by atoms with E-state index in [2.05, 4.69) is 89.8 Å². The highest BCUT2D eigenvalue weighted by Gasteiger charge is 2.20. The van der Waals surface area contributed by atoms with Gasteiger partial charge in [-0.1, -0.05) is 66.7 Å². The zero-order chi connectivity index (χ0) is 30.2. The number of para-hydroxylation sites is 3. The Labute approximate surface area is 262 Å². The molecule has 0 unspecified atom stereocenters. The van der Waals surface area contributed by atoms with Gasteiger partial charge in [-0.2, -0.15) is 0 Å².